The molecule has 0 aromatic rings. The van der Waals surface area contributed by atoms with Crippen molar-refractivity contribution in [2.75, 3.05) is 39.9 Å². The molecule has 1 N–H and O–H groups in total. The molecule has 0 aliphatic carbocycles. The molecule has 1 fully saturated rings. The van der Waals surface area contributed by atoms with Crippen molar-refractivity contribution in [2.24, 2.45) is 0 Å². The summed E-state index contributed by atoms with van der Waals surface area (Å²) < 4.78 is 5.45. The van der Waals surface area contributed by atoms with Crippen molar-refractivity contribution in [3.05, 3.63) is 0 Å². The van der Waals surface area contributed by atoms with E-state index in [2.05, 4.69) is 24.2 Å². The van der Waals surface area contributed by atoms with Gasteiger partial charge in [-0.1, -0.05) is 13.3 Å². The second kappa shape index (κ2) is 9.86. The Kier molecular flexibility index (Phi) is 8.67. The number of piperidine rings is 1. The van der Waals surface area contributed by atoms with Gasteiger partial charge < -0.3 is 15.0 Å². The molecule has 0 radical (unpaired) electrons. The second-order valence-electron chi connectivity index (χ2n) is 5.13. The zero-order valence-corrected chi connectivity index (χ0v) is 11.7. The van der Waals surface area contributed by atoms with Crippen molar-refractivity contribution >= 4 is 0 Å². The minimum absolute atomic E-state index is 0.813. The van der Waals surface area contributed by atoms with Gasteiger partial charge in [-0.05, 0) is 58.8 Å². The van der Waals surface area contributed by atoms with E-state index in [1.807, 2.05) is 0 Å². The number of ether oxygens (including phenoxy) is 1. The maximum Gasteiger partial charge on any atom is 0.0478 e. The zero-order chi connectivity index (χ0) is 12.3. The van der Waals surface area contributed by atoms with Gasteiger partial charge in [0, 0.05) is 19.3 Å². The third-order valence-electron chi connectivity index (χ3n) is 3.57. The molecule has 1 aliphatic heterocycles. The maximum absolute atomic E-state index is 5.45. The van der Waals surface area contributed by atoms with Crippen LogP contribution in [0.2, 0.25) is 0 Å². The van der Waals surface area contributed by atoms with Crippen LogP contribution in [0.3, 0.4) is 0 Å². The summed E-state index contributed by atoms with van der Waals surface area (Å²) in [5.74, 6) is 0. The summed E-state index contributed by atoms with van der Waals surface area (Å²) in [5, 5.41) is 3.52. The topological polar surface area (TPSA) is 24.5 Å². The fraction of sp³-hybridized carbons (Fsp3) is 1.00. The third kappa shape index (κ3) is 7.02. The van der Waals surface area contributed by atoms with Gasteiger partial charge in [0.05, 0.1) is 0 Å². The van der Waals surface area contributed by atoms with Crippen molar-refractivity contribution < 1.29 is 4.74 Å². The maximum atomic E-state index is 5.45. The van der Waals surface area contributed by atoms with Crippen LogP contribution in [0.15, 0.2) is 0 Å². The van der Waals surface area contributed by atoms with Crippen LogP contribution in [0.1, 0.15) is 45.4 Å². The lowest BCUT2D eigenvalue weighted by molar-refractivity contribution is 0.131. The van der Waals surface area contributed by atoms with Crippen molar-refractivity contribution in [3.8, 4) is 0 Å². The lowest BCUT2D eigenvalue weighted by Gasteiger charge is -2.32. The first-order valence-electron chi connectivity index (χ1n) is 7.33. The Hall–Kier alpha value is -0.120. The van der Waals surface area contributed by atoms with E-state index in [-0.39, 0.29) is 0 Å². The van der Waals surface area contributed by atoms with E-state index in [0.717, 1.165) is 45.2 Å². The van der Waals surface area contributed by atoms with Gasteiger partial charge in [-0.25, -0.2) is 0 Å². The highest BCUT2D eigenvalue weighted by molar-refractivity contribution is 4.74. The van der Waals surface area contributed by atoms with Gasteiger partial charge >= 0.3 is 0 Å². The van der Waals surface area contributed by atoms with Crippen LogP contribution in [-0.4, -0.2) is 50.8 Å². The molecule has 0 spiro atoms. The molecule has 1 heterocycles. The fourth-order valence-electron chi connectivity index (χ4n) is 2.45. The Morgan fingerprint density at radius 1 is 1.24 bits per heavy atom. The highest BCUT2D eigenvalue weighted by Crippen LogP contribution is 2.16. The molecule has 0 bridgehead atoms. The Morgan fingerprint density at radius 2 is 2.12 bits per heavy atom. The number of likely N-dealkylation sites (tertiary alicyclic amines) is 1. The average Bonchev–Trinajstić information content (AvgIpc) is 2.35. The molecule has 1 rings (SSSR count). The molecule has 3 heteroatoms. The number of nitrogens with zero attached hydrogens (tertiary/aromatic N) is 1. The molecule has 1 aliphatic rings. The van der Waals surface area contributed by atoms with Crippen LogP contribution >= 0.6 is 0 Å². The van der Waals surface area contributed by atoms with Crippen LogP contribution in [0.25, 0.3) is 0 Å². The highest BCUT2D eigenvalue weighted by atomic mass is 16.5. The molecule has 0 aromatic heterocycles. The first-order valence-corrected chi connectivity index (χ1v) is 7.33. The molecule has 0 amide bonds. The first-order chi connectivity index (χ1) is 8.34. The SMILES string of the molecule is CCCOCCCNCCC1CCCCN1C. The van der Waals surface area contributed by atoms with Crippen LogP contribution < -0.4 is 5.32 Å². The second-order valence-corrected chi connectivity index (χ2v) is 5.13. The summed E-state index contributed by atoms with van der Waals surface area (Å²) in [4.78, 5) is 2.52. The average molecular weight is 242 g/mol. The van der Waals surface area contributed by atoms with Crippen LogP contribution in [0, 0.1) is 0 Å². The Labute approximate surface area is 107 Å². The van der Waals surface area contributed by atoms with Gasteiger partial charge in [-0.15, -0.1) is 0 Å². The predicted molar refractivity (Wildman–Crippen MR) is 73.5 cm³/mol. The summed E-state index contributed by atoms with van der Waals surface area (Å²) in [6.45, 7) is 7.51. The minimum atomic E-state index is 0.813. The highest BCUT2D eigenvalue weighted by Gasteiger charge is 2.17. The molecule has 17 heavy (non-hydrogen) atoms. The van der Waals surface area contributed by atoms with E-state index >= 15 is 0 Å². The summed E-state index contributed by atoms with van der Waals surface area (Å²) in [7, 11) is 2.27. The molecule has 3 nitrogen and oxygen atoms in total. The molecular formula is C14H30N2O. The Bertz CT molecular complexity index is 176. The summed E-state index contributed by atoms with van der Waals surface area (Å²) >= 11 is 0. The Morgan fingerprint density at radius 3 is 2.88 bits per heavy atom. The molecule has 0 saturated carbocycles. The fourth-order valence-corrected chi connectivity index (χ4v) is 2.45. The predicted octanol–water partition coefficient (Wildman–Crippen LogP) is 2.27. The van der Waals surface area contributed by atoms with Gasteiger partial charge in [0.1, 0.15) is 0 Å². The standard InChI is InChI=1S/C14H30N2O/c1-3-12-17-13-6-9-15-10-8-14-7-4-5-11-16(14)2/h14-15H,3-13H2,1-2H3. The molecule has 1 unspecified atom stereocenters. The Balaban J connectivity index is 1.86. The molecule has 1 atom stereocenters. The van der Waals surface area contributed by atoms with Gasteiger partial charge in [-0.3, -0.25) is 0 Å². The summed E-state index contributed by atoms with van der Waals surface area (Å²) in [6, 6.07) is 0.813. The van der Waals surface area contributed by atoms with Crippen molar-refractivity contribution in [2.45, 2.75) is 51.5 Å². The van der Waals surface area contributed by atoms with Crippen LogP contribution in [0.4, 0.5) is 0 Å². The van der Waals surface area contributed by atoms with E-state index < -0.39 is 0 Å². The van der Waals surface area contributed by atoms with Gasteiger partial charge in [0.25, 0.3) is 0 Å². The van der Waals surface area contributed by atoms with E-state index in [4.69, 9.17) is 4.74 Å². The van der Waals surface area contributed by atoms with Gasteiger partial charge in [0.15, 0.2) is 0 Å². The number of hydrogen-bond acceptors (Lipinski definition) is 3. The number of rotatable bonds is 9. The largest absolute Gasteiger partial charge is 0.381 e. The van der Waals surface area contributed by atoms with Gasteiger partial charge in [-0.2, -0.15) is 0 Å². The third-order valence-corrected chi connectivity index (χ3v) is 3.57. The number of nitrogens with one attached hydrogen (secondary N) is 1. The quantitative estimate of drug-likeness (QED) is 0.628. The number of hydrogen-bond donors (Lipinski definition) is 1. The van der Waals surface area contributed by atoms with E-state index in [9.17, 15) is 0 Å². The normalized spacial score (nSPS) is 21.9. The van der Waals surface area contributed by atoms with E-state index in [0.29, 0.717) is 0 Å². The smallest absolute Gasteiger partial charge is 0.0478 e. The lowest BCUT2D eigenvalue weighted by atomic mass is 10.0. The lowest BCUT2D eigenvalue weighted by Crippen LogP contribution is -2.38. The van der Waals surface area contributed by atoms with Gasteiger partial charge in [0.2, 0.25) is 0 Å². The molecular weight excluding hydrogens is 212 g/mol. The van der Waals surface area contributed by atoms with E-state index in [1.54, 1.807) is 0 Å². The summed E-state index contributed by atoms with van der Waals surface area (Å²) in [5.41, 5.74) is 0. The van der Waals surface area contributed by atoms with Crippen LogP contribution in [-0.2, 0) is 4.74 Å². The summed E-state index contributed by atoms with van der Waals surface area (Å²) in [6.07, 6.45) is 7.75. The molecule has 102 valence electrons. The minimum Gasteiger partial charge on any atom is -0.381 e. The molecule has 0 aromatic carbocycles. The monoisotopic (exact) mass is 242 g/mol. The molecule has 1 saturated heterocycles. The van der Waals surface area contributed by atoms with E-state index in [1.165, 1.54) is 32.2 Å². The van der Waals surface area contributed by atoms with Crippen molar-refractivity contribution in [3.63, 3.8) is 0 Å². The van der Waals surface area contributed by atoms with Crippen molar-refractivity contribution in [1.82, 2.24) is 10.2 Å². The first kappa shape index (κ1) is 14.9. The van der Waals surface area contributed by atoms with Crippen LogP contribution in [0.5, 0.6) is 0 Å². The zero-order valence-electron chi connectivity index (χ0n) is 11.7. The van der Waals surface area contributed by atoms with Crippen molar-refractivity contribution in [1.29, 1.82) is 0 Å².